The van der Waals surface area contributed by atoms with Gasteiger partial charge in [0.05, 0.1) is 11.8 Å². The molecule has 0 bridgehead atoms. The van der Waals surface area contributed by atoms with E-state index < -0.39 is 5.60 Å². The van der Waals surface area contributed by atoms with Crippen LogP contribution in [0.1, 0.15) is 24.6 Å². The monoisotopic (exact) mass is 183 g/mol. The van der Waals surface area contributed by atoms with Gasteiger partial charge in [-0.05, 0) is 26.8 Å². The third kappa shape index (κ3) is 1.89. The molecule has 1 unspecified atom stereocenters. The normalized spacial score (nSPS) is 15.8. The molecule has 1 aromatic rings. The summed E-state index contributed by atoms with van der Waals surface area (Å²) in [6.07, 6.45) is 2.25. The van der Waals surface area contributed by atoms with Crippen LogP contribution in [-0.4, -0.2) is 21.4 Å². The summed E-state index contributed by atoms with van der Waals surface area (Å²) in [5.41, 5.74) is 6.41. The van der Waals surface area contributed by atoms with Crippen LogP contribution in [0.5, 0.6) is 0 Å². The summed E-state index contributed by atoms with van der Waals surface area (Å²) in [5, 5.41) is 14.1. The first-order valence-electron chi connectivity index (χ1n) is 4.40. The molecule has 0 aromatic carbocycles. The van der Waals surface area contributed by atoms with Crippen LogP contribution in [0.2, 0.25) is 0 Å². The lowest BCUT2D eigenvalue weighted by atomic mass is 9.93. The number of rotatable bonds is 3. The van der Waals surface area contributed by atoms with E-state index in [0.29, 0.717) is 13.0 Å². The Morgan fingerprint density at radius 3 is 2.69 bits per heavy atom. The summed E-state index contributed by atoms with van der Waals surface area (Å²) in [6, 6.07) is 0. The topological polar surface area (TPSA) is 64.1 Å². The SMILES string of the molecule is Cc1c(C(C)(O)CCN)cnn1C. The van der Waals surface area contributed by atoms with Crippen molar-refractivity contribution in [3.8, 4) is 0 Å². The molecule has 1 aromatic heterocycles. The highest BCUT2D eigenvalue weighted by molar-refractivity contribution is 5.23. The Balaban J connectivity index is 2.99. The van der Waals surface area contributed by atoms with Gasteiger partial charge in [0.1, 0.15) is 0 Å². The van der Waals surface area contributed by atoms with Crippen LogP contribution < -0.4 is 5.73 Å². The number of hydrogen-bond donors (Lipinski definition) is 2. The molecule has 0 saturated carbocycles. The highest BCUT2D eigenvalue weighted by atomic mass is 16.3. The molecule has 1 rings (SSSR count). The van der Waals surface area contributed by atoms with Crippen LogP contribution in [0.3, 0.4) is 0 Å². The zero-order valence-electron chi connectivity index (χ0n) is 8.41. The fraction of sp³-hybridized carbons (Fsp3) is 0.667. The molecule has 0 amide bonds. The van der Waals surface area contributed by atoms with Gasteiger partial charge in [-0.1, -0.05) is 0 Å². The Morgan fingerprint density at radius 1 is 1.69 bits per heavy atom. The maximum atomic E-state index is 10.0. The van der Waals surface area contributed by atoms with E-state index in [4.69, 9.17) is 5.73 Å². The van der Waals surface area contributed by atoms with Gasteiger partial charge < -0.3 is 10.8 Å². The van der Waals surface area contributed by atoms with Crippen molar-refractivity contribution in [2.75, 3.05) is 6.54 Å². The van der Waals surface area contributed by atoms with Gasteiger partial charge in [-0.25, -0.2) is 0 Å². The number of aromatic nitrogens is 2. The van der Waals surface area contributed by atoms with E-state index in [-0.39, 0.29) is 0 Å². The van der Waals surface area contributed by atoms with Gasteiger partial charge in [-0.3, -0.25) is 4.68 Å². The van der Waals surface area contributed by atoms with Crippen molar-refractivity contribution in [1.82, 2.24) is 9.78 Å². The highest BCUT2D eigenvalue weighted by Crippen LogP contribution is 2.25. The molecule has 74 valence electrons. The van der Waals surface area contributed by atoms with Crippen molar-refractivity contribution in [3.05, 3.63) is 17.5 Å². The average molecular weight is 183 g/mol. The molecule has 0 aliphatic rings. The van der Waals surface area contributed by atoms with Crippen molar-refractivity contribution in [2.24, 2.45) is 12.8 Å². The van der Waals surface area contributed by atoms with E-state index in [0.717, 1.165) is 11.3 Å². The van der Waals surface area contributed by atoms with Crippen molar-refractivity contribution >= 4 is 0 Å². The lowest BCUT2D eigenvalue weighted by Crippen LogP contribution is -2.25. The number of aryl methyl sites for hydroxylation is 1. The Labute approximate surface area is 78.4 Å². The molecule has 1 heterocycles. The first-order chi connectivity index (χ1) is 5.99. The molecule has 0 aliphatic carbocycles. The van der Waals surface area contributed by atoms with Gasteiger partial charge in [-0.15, -0.1) is 0 Å². The van der Waals surface area contributed by atoms with E-state index >= 15 is 0 Å². The van der Waals surface area contributed by atoms with Crippen molar-refractivity contribution in [3.63, 3.8) is 0 Å². The Morgan fingerprint density at radius 2 is 2.31 bits per heavy atom. The third-order valence-corrected chi connectivity index (χ3v) is 2.45. The van der Waals surface area contributed by atoms with Crippen LogP contribution in [-0.2, 0) is 12.6 Å². The highest BCUT2D eigenvalue weighted by Gasteiger charge is 2.25. The minimum Gasteiger partial charge on any atom is -0.385 e. The van der Waals surface area contributed by atoms with E-state index in [2.05, 4.69) is 5.10 Å². The van der Waals surface area contributed by atoms with E-state index in [1.807, 2.05) is 14.0 Å². The van der Waals surface area contributed by atoms with Crippen molar-refractivity contribution in [1.29, 1.82) is 0 Å². The first-order valence-corrected chi connectivity index (χ1v) is 4.40. The maximum Gasteiger partial charge on any atom is 0.0913 e. The lowest BCUT2D eigenvalue weighted by Gasteiger charge is -2.22. The average Bonchev–Trinajstić information content (AvgIpc) is 2.33. The van der Waals surface area contributed by atoms with Crippen LogP contribution in [0.4, 0.5) is 0 Å². The molecule has 0 aliphatic heterocycles. The zero-order valence-corrected chi connectivity index (χ0v) is 8.41. The Bertz CT molecular complexity index is 291. The fourth-order valence-corrected chi connectivity index (χ4v) is 1.44. The Kier molecular flexibility index (Phi) is 2.73. The van der Waals surface area contributed by atoms with E-state index in [9.17, 15) is 5.11 Å². The van der Waals surface area contributed by atoms with Gasteiger partial charge in [-0.2, -0.15) is 5.10 Å². The second-order valence-electron chi connectivity index (χ2n) is 3.58. The van der Waals surface area contributed by atoms with Gasteiger partial charge in [0.15, 0.2) is 0 Å². The summed E-state index contributed by atoms with van der Waals surface area (Å²) < 4.78 is 1.75. The summed E-state index contributed by atoms with van der Waals surface area (Å²) in [4.78, 5) is 0. The second-order valence-corrected chi connectivity index (χ2v) is 3.58. The molecule has 4 nitrogen and oxygen atoms in total. The zero-order chi connectivity index (χ0) is 10.1. The van der Waals surface area contributed by atoms with Crippen LogP contribution in [0.25, 0.3) is 0 Å². The minimum atomic E-state index is -0.854. The van der Waals surface area contributed by atoms with Crippen molar-refractivity contribution < 1.29 is 5.11 Å². The molecule has 0 fully saturated rings. The van der Waals surface area contributed by atoms with Gasteiger partial charge in [0, 0.05) is 18.3 Å². The minimum absolute atomic E-state index is 0.474. The molecular weight excluding hydrogens is 166 g/mol. The Hall–Kier alpha value is -0.870. The predicted molar refractivity (Wildman–Crippen MR) is 51.2 cm³/mol. The summed E-state index contributed by atoms with van der Waals surface area (Å²) in [6.45, 7) is 4.18. The second kappa shape index (κ2) is 3.47. The maximum absolute atomic E-state index is 10.0. The number of nitrogens with zero attached hydrogens (tertiary/aromatic N) is 2. The molecule has 0 radical (unpaired) electrons. The quantitative estimate of drug-likeness (QED) is 0.707. The smallest absolute Gasteiger partial charge is 0.0913 e. The molecule has 3 N–H and O–H groups in total. The number of hydrogen-bond acceptors (Lipinski definition) is 3. The predicted octanol–water partition coefficient (Wildman–Crippen LogP) is 0.285. The largest absolute Gasteiger partial charge is 0.385 e. The van der Waals surface area contributed by atoms with Crippen LogP contribution in [0, 0.1) is 6.92 Å². The molecule has 4 heteroatoms. The molecule has 13 heavy (non-hydrogen) atoms. The van der Waals surface area contributed by atoms with Gasteiger partial charge >= 0.3 is 0 Å². The summed E-state index contributed by atoms with van der Waals surface area (Å²) in [7, 11) is 1.86. The fourth-order valence-electron chi connectivity index (χ4n) is 1.44. The molecule has 0 saturated heterocycles. The van der Waals surface area contributed by atoms with Crippen LogP contribution >= 0.6 is 0 Å². The number of aliphatic hydroxyl groups is 1. The molecule has 0 spiro atoms. The van der Waals surface area contributed by atoms with Gasteiger partial charge in [0.25, 0.3) is 0 Å². The van der Waals surface area contributed by atoms with E-state index in [1.54, 1.807) is 17.8 Å². The summed E-state index contributed by atoms with van der Waals surface area (Å²) in [5.74, 6) is 0. The number of nitrogens with two attached hydrogens (primary N) is 1. The standard InChI is InChI=1S/C9H17N3O/c1-7-8(6-11-12(7)3)9(2,13)4-5-10/h6,13H,4-5,10H2,1-3H3. The lowest BCUT2D eigenvalue weighted by molar-refractivity contribution is 0.0497. The van der Waals surface area contributed by atoms with Gasteiger partial charge in [0.2, 0.25) is 0 Å². The third-order valence-electron chi connectivity index (χ3n) is 2.45. The summed E-state index contributed by atoms with van der Waals surface area (Å²) >= 11 is 0. The first kappa shape index (κ1) is 10.2. The van der Waals surface area contributed by atoms with Crippen LogP contribution in [0.15, 0.2) is 6.20 Å². The molecular formula is C9H17N3O. The molecule has 1 atom stereocenters. The van der Waals surface area contributed by atoms with E-state index in [1.165, 1.54) is 0 Å². The van der Waals surface area contributed by atoms with Crippen molar-refractivity contribution in [2.45, 2.75) is 25.9 Å².